The summed E-state index contributed by atoms with van der Waals surface area (Å²) in [5.74, 6) is -1.46. The lowest BCUT2D eigenvalue weighted by molar-refractivity contribution is -0.145. The Bertz CT molecular complexity index is 351. The first kappa shape index (κ1) is 16.4. The first-order valence-corrected chi connectivity index (χ1v) is 6.91. The van der Waals surface area contributed by atoms with Crippen molar-refractivity contribution in [2.45, 2.75) is 26.2 Å². The van der Waals surface area contributed by atoms with Crippen LogP contribution in [0.1, 0.15) is 26.2 Å². The fourth-order valence-electron chi connectivity index (χ4n) is 2.11. The van der Waals surface area contributed by atoms with Crippen LogP contribution in [-0.2, 0) is 19.1 Å². The van der Waals surface area contributed by atoms with Crippen LogP contribution in [0.3, 0.4) is 0 Å². The SMILES string of the molecule is CCOC(=O)CCNCC(=O)N1CCC(C(=O)O)CC1. The maximum Gasteiger partial charge on any atom is 0.307 e. The van der Waals surface area contributed by atoms with Crippen LogP contribution in [-0.4, -0.2) is 60.6 Å². The lowest BCUT2D eigenvalue weighted by Gasteiger charge is -2.30. The number of rotatable bonds is 7. The fourth-order valence-corrected chi connectivity index (χ4v) is 2.11. The van der Waals surface area contributed by atoms with E-state index in [1.807, 2.05) is 0 Å². The number of esters is 1. The molecule has 1 heterocycles. The van der Waals surface area contributed by atoms with E-state index < -0.39 is 5.97 Å². The van der Waals surface area contributed by atoms with Gasteiger partial charge in [-0.25, -0.2) is 0 Å². The molecule has 1 aliphatic rings. The number of nitrogens with zero attached hydrogens (tertiary/aromatic N) is 1. The highest BCUT2D eigenvalue weighted by Crippen LogP contribution is 2.16. The number of hydrogen-bond acceptors (Lipinski definition) is 5. The van der Waals surface area contributed by atoms with Gasteiger partial charge in [0, 0.05) is 19.6 Å². The van der Waals surface area contributed by atoms with E-state index in [4.69, 9.17) is 9.84 Å². The molecule has 1 fully saturated rings. The smallest absolute Gasteiger partial charge is 0.307 e. The molecule has 0 aromatic heterocycles. The zero-order chi connectivity index (χ0) is 15.0. The maximum absolute atomic E-state index is 11.8. The Labute approximate surface area is 118 Å². The number of carbonyl (C=O) groups excluding carboxylic acids is 2. The highest BCUT2D eigenvalue weighted by Gasteiger charge is 2.26. The van der Waals surface area contributed by atoms with E-state index in [0.717, 1.165) is 0 Å². The summed E-state index contributed by atoms with van der Waals surface area (Å²) in [6.45, 7) is 3.63. The van der Waals surface area contributed by atoms with Crippen LogP contribution >= 0.6 is 0 Å². The minimum Gasteiger partial charge on any atom is -0.481 e. The normalized spacial score (nSPS) is 15.9. The highest BCUT2D eigenvalue weighted by molar-refractivity contribution is 5.79. The van der Waals surface area contributed by atoms with Crippen molar-refractivity contribution in [2.75, 3.05) is 32.8 Å². The van der Waals surface area contributed by atoms with Gasteiger partial charge in [-0.05, 0) is 19.8 Å². The lowest BCUT2D eigenvalue weighted by atomic mass is 9.97. The summed E-state index contributed by atoms with van der Waals surface area (Å²) in [6.07, 6.45) is 1.25. The van der Waals surface area contributed by atoms with E-state index in [2.05, 4.69) is 5.32 Å². The molecule has 0 aliphatic carbocycles. The minimum absolute atomic E-state index is 0.0577. The summed E-state index contributed by atoms with van der Waals surface area (Å²) in [4.78, 5) is 35.4. The molecule has 1 saturated heterocycles. The Balaban J connectivity index is 2.15. The summed E-state index contributed by atoms with van der Waals surface area (Å²) in [6, 6.07) is 0. The Morgan fingerprint density at radius 2 is 1.95 bits per heavy atom. The molecule has 0 unspecified atom stereocenters. The number of carboxylic acids is 1. The van der Waals surface area contributed by atoms with Gasteiger partial charge in [0.2, 0.25) is 5.91 Å². The number of amides is 1. The highest BCUT2D eigenvalue weighted by atomic mass is 16.5. The number of nitrogens with one attached hydrogen (secondary N) is 1. The van der Waals surface area contributed by atoms with Crippen molar-refractivity contribution >= 4 is 17.8 Å². The third-order valence-corrected chi connectivity index (χ3v) is 3.28. The molecule has 0 saturated carbocycles. The van der Waals surface area contributed by atoms with Gasteiger partial charge in [0.1, 0.15) is 0 Å². The van der Waals surface area contributed by atoms with Gasteiger partial charge in [0.15, 0.2) is 0 Å². The molecule has 0 bridgehead atoms. The van der Waals surface area contributed by atoms with Crippen molar-refractivity contribution in [3.8, 4) is 0 Å². The molecule has 0 atom stereocenters. The minimum atomic E-state index is -0.787. The van der Waals surface area contributed by atoms with Gasteiger partial charge in [-0.2, -0.15) is 0 Å². The Morgan fingerprint density at radius 3 is 2.50 bits per heavy atom. The number of ether oxygens (including phenoxy) is 1. The van der Waals surface area contributed by atoms with Crippen LogP contribution in [0.2, 0.25) is 0 Å². The molecule has 1 rings (SSSR count). The largest absolute Gasteiger partial charge is 0.481 e. The van der Waals surface area contributed by atoms with Crippen LogP contribution in [0.25, 0.3) is 0 Å². The standard InChI is InChI=1S/C13H22N2O5/c1-2-20-12(17)3-6-14-9-11(16)15-7-4-10(5-8-15)13(18)19/h10,14H,2-9H2,1H3,(H,18,19). The summed E-state index contributed by atoms with van der Waals surface area (Å²) in [5, 5.41) is 11.8. The molecule has 20 heavy (non-hydrogen) atoms. The summed E-state index contributed by atoms with van der Waals surface area (Å²) in [5.41, 5.74) is 0. The Hall–Kier alpha value is -1.63. The zero-order valence-corrected chi connectivity index (χ0v) is 11.8. The second-order valence-electron chi connectivity index (χ2n) is 4.73. The number of piperidine rings is 1. The first-order chi connectivity index (χ1) is 9.54. The summed E-state index contributed by atoms with van der Waals surface area (Å²) < 4.78 is 4.77. The fraction of sp³-hybridized carbons (Fsp3) is 0.769. The first-order valence-electron chi connectivity index (χ1n) is 6.91. The predicted octanol–water partition coefficient (Wildman–Crippen LogP) is -0.148. The van der Waals surface area contributed by atoms with Crippen molar-refractivity contribution in [3.63, 3.8) is 0 Å². The van der Waals surface area contributed by atoms with Crippen molar-refractivity contribution in [3.05, 3.63) is 0 Å². The van der Waals surface area contributed by atoms with Crippen molar-refractivity contribution < 1.29 is 24.2 Å². The molecular weight excluding hydrogens is 264 g/mol. The number of aliphatic carboxylic acids is 1. The van der Waals surface area contributed by atoms with E-state index in [9.17, 15) is 14.4 Å². The molecule has 1 amide bonds. The number of likely N-dealkylation sites (tertiary alicyclic amines) is 1. The van der Waals surface area contributed by atoms with E-state index in [1.54, 1.807) is 11.8 Å². The zero-order valence-electron chi connectivity index (χ0n) is 11.8. The second kappa shape index (κ2) is 8.52. The molecule has 1 aliphatic heterocycles. The molecule has 0 aromatic rings. The van der Waals surface area contributed by atoms with Crippen LogP contribution < -0.4 is 5.32 Å². The predicted molar refractivity (Wildman–Crippen MR) is 71.1 cm³/mol. The maximum atomic E-state index is 11.8. The summed E-state index contributed by atoms with van der Waals surface area (Å²) >= 11 is 0. The van der Waals surface area contributed by atoms with Crippen LogP contribution in [0.15, 0.2) is 0 Å². The molecular formula is C13H22N2O5. The van der Waals surface area contributed by atoms with Gasteiger partial charge in [0.05, 0.1) is 25.5 Å². The van der Waals surface area contributed by atoms with Crippen molar-refractivity contribution in [2.24, 2.45) is 5.92 Å². The molecule has 0 radical (unpaired) electrons. The molecule has 0 spiro atoms. The van der Waals surface area contributed by atoms with E-state index in [1.165, 1.54) is 0 Å². The van der Waals surface area contributed by atoms with E-state index in [-0.39, 0.29) is 30.8 Å². The van der Waals surface area contributed by atoms with Crippen LogP contribution in [0.4, 0.5) is 0 Å². The molecule has 7 heteroatoms. The quantitative estimate of drug-likeness (QED) is 0.499. The number of carbonyl (C=O) groups is 3. The van der Waals surface area contributed by atoms with Gasteiger partial charge < -0.3 is 20.1 Å². The average molecular weight is 286 g/mol. The Kier molecular flexibility index (Phi) is 7.00. The number of hydrogen-bond donors (Lipinski definition) is 2. The third-order valence-electron chi connectivity index (χ3n) is 3.28. The number of carboxylic acid groups (broad SMARTS) is 1. The summed E-state index contributed by atoms with van der Waals surface area (Å²) in [7, 11) is 0. The third kappa shape index (κ3) is 5.56. The second-order valence-corrected chi connectivity index (χ2v) is 4.73. The van der Waals surface area contributed by atoms with E-state index in [0.29, 0.717) is 39.1 Å². The van der Waals surface area contributed by atoms with Crippen molar-refractivity contribution in [1.29, 1.82) is 0 Å². The average Bonchev–Trinajstić information content (AvgIpc) is 2.43. The van der Waals surface area contributed by atoms with Gasteiger partial charge in [-0.3, -0.25) is 14.4 Å². The van der Waals surface area contributed by atoms with E-state index >= 15 is 0 Å². The van der Waals surface area contributed by atoms with Gasteiger partial charge in [0.25, 0.3) is 0 Å². The molecule has 2 N–H and O–H groups in total. The molecule has 0 aromatic carbocycles. The van der Waals surface area contributed by atoms with Gasteiger partial charge >= 0.3 is 11.9 Å². The van der Waals surface area contributed by atoms with Crippen LogP contribution in [0.5, 0.6) is 0 Å². The molecule has 7 nitrogen and oxygen atoms in total. The lowest BCUT2D eigenvalue weighted by Crippen LogP contribution is -2.44. The molecule has 114 valence electrons. The topological polar surface area (TPSA) is 95.9 Å². The van der Waals surface area contributed by atoms with Crippen LogP contribution in [0, 0.1) is 5.92 Å². The van der Waals surface area contributed by atoms with Crippen molar-refractivity contribution in [1.82, 2.24) is 10.2 Å². The van der Waals surface area contributed by atoms with Gasteiger partial charge in [-0.15, -0.1) is 0 Å². The monoisotopic (exact) mass is 286 g/mol. The van der Waals surface area contributed by atoms with Gasteiger partial charge in [-0.1, -0.05) is 0 Å². The Morgan fingerprint density at radius 1 is 1.30 bits per heavy atom.